The summed E-state index contributed by atoms with van der Waals surface area (Å²) in [5, 5.41) is 2.88. The fourth-order valence-corrected chi connectivity index (χ4v) is 2.23. The van der Waals surface area contributed by atoms with Crippen LogP contribution in [-0.4, -0.2) is 15.9 Å². The van der Waals surface area contributed by atoms with Crippen LogP contribution in [0.2, 0.25) is 0 Å². The molecule has 1 heterocycles. The number of benzene rings is 2. The molecule has 1 amide bonds. The maximum atomic E-state index is 12.3. The van der Waals surface area contributed by atoms with Crippen LogP contribution in [0.3, 0.4) is 0 Å². The van der Waals surface area contributed by atoms with Gasteiger partial charge in [0.15, 0.2) is 0 Å². The van der Waals surface area contributed by atoms with Gasteiger partial charge in [-0.3, -0.25) is 4.79 Å². The molecule has 0 aliphatic rings. The number of carbonyl (C=O) groups excluding carboxylic acids is 1. The van der Waals surface area contributed by atoms with Gasteiger partial charge in [0.2, 0.25) is 0 Å². The van der Waals surface area contributed by atoms with E-state index in [0.29, 0.717) is 30.1 Å². The summed E-state index contributed by atoms with van der Waals surface area (Å²) < 4.78 is 5.62. The van der Waals surface area contributed by atoms with Gasteiger partial charge in [-0.1, -0.05) is 36.4 Å². The Morgan fingerprint density at radius 1 is 1.08 bits per heavy atom. The van der Waals surface area contributed by atoms with Gasteiger partial charge in [0.25, 0.3) is 5.91 Å². The van der Waals surface area contributed by atoms with E-state index in [2.05, 4.69) is 15.3 Å². The summed E-state index contributed by atoms with van der Waals surface area (Å²) in [7, 11) is 0. The van der Waals surface area contributed by atoms with E-state index in [1.165, 1.54) is 0 Å². The Kier molecular flexibility index (Phi) is 5.33. The second-order valence-corrected chi connectivity index (χ2v) is 5.33. The molecule has 1 aromatic heterocycles. The maximum Gasteiger partial charge on any atom is 0.322 e. The van der Waals surface area contributed by atoms with Gasteiger partial charge in [0.1, 0.15) is 5.75 Å². The molecule has 0 spiro atoms. The number of nitrogens with zero attached hydrogens (tertiary/aromatic N) is 2. The average molecular weight is 334 g/mol. The van der Waals surface area contributed by atoms with E-state index in [0.717, 1.165) is 5.56 Å². The molecule has 6 heteroatoms. The zero-order chi connectivity index (χ0) is 17.5. The molecule has 0 fully saturated rings. The van der Waals surface area contributed by atoms with Crippen LogP contribution in [0.5, 0.6) is 11.8 Å². The zero-order valence-electron chi connectivity index (χ0n) is 13.6. The highest BCUT2D eigenvalue weighted by Gasteiger charge is 2.08. The molecule has 0 saturated heterocycles. The highest BCUT2D eigenvalue weighted by molar-refractivity contribution is 5.94. The SMILES string of the molecule is NCc1ccnc(Oc2cccc(C(=O)NCc3ccccc3)c2)n1. The number of aromatic nitrogens is 2. The van der Waals surface area contributed by atoms with E-state index < -0.39 is 0 Å². The molecular weight excluding hydrogens is 316 g/mol. The van der Waals surface area contributed by atoms with Gasteiger partial charge in [-0.25, -0.2) is 4.98 Å². The molecule has 3 rings (SSSR count). The van der Waals surface area contributed by atoms with E-state index in [4.69, 9.17) is 10.5 Å². The quantitative estimate of drug-likeness (QED) is 0.723. The van der Waals surface area contributed by atoms with Crippen molar-refractivity contribution in [1.29, 1.82) is 0 Å². The van der Waals surface area contributed by atoms with E-state index in [1.54, 1.807) is 36.5 Å². The third kappa shape index (κ3) is 4.62. The van der Waals surface area contributed by atoms with Crippen molar-refractivity contribution < 1.29 is 9.53 Å². The molecule has 6 nitrogen and oxygen atoms in total. The van der Waals surface area contributed by atoms with Crippen LogP contribution in [-0.2, 0) is 13.1 Å². The van der Waals surface area contributed by atoms with Gasteiger partial charge in [0.05, 0.1) is 5.69 Å². The number of ether oxygens (including phenoxy) is 1. The summed E-state index contributed by atoms with van der Waals surface area (Å²) in [6.45, 7) is 0.771. The molecule has 3 aromatic rings. The molecule has 0 atom stereocenters. The molecule has 0 saturated carbocycles. The second-order valence-electron chi connectivity index (χ2n) is 5.33. The average Bonchev–Trinajstić information content (AvgIpc) is 2.67. The summed E-state index contributed by atoms with van der Waals surface area (Å²) in [5.74, 6) is 0.312. The fraction of sp³-hybridized carbons (Fsp3) is 0.105. The lowest BCUT2D eigenvalue weighted by Gasteiger charge is -2.08. The van der Waals surface area contributed by atoms with Crippen LogP contribution in [0.4, 0.5) is 0 Å². The first-order valence-electron chi connectivity index (χ1n) is 7.86. The molecular formula is C19H18N4O2. The summed E-state index contributed by atoms with van der Waals surface area (Å²) >= 11 is 0. The Labute approximate surface area is 145 Å². The largest absolute Gasteiger partial charge is 0.424 e. The van der Waals surface area contributed by atoms with Crippen molar-refractivity contribution in [1.82, 2.24) is 15.3 Å². The molecule has 0 aliphatic carbocycles. The van der Waals surface area contributed by atoms with E-state index in [-0.39, 0.29) is 11.9 Å². The highest BCUT2D eigenvalue weighted by Crippen LogP contribution is 2.19. The summed E-state index contributed by atoms with van der Waals surface area (Å²) in [6.07, 6.45) is 1.58. The zero-order valence-corrected chi connectivity index (χ0v) is 13.6. The Bertz CT molecular complexity index is 853. The Balaban J connectivity index is 1.67. The van der Waals surface area contributed by atoms with Crippen LogP contribution >= 0.6 is 0 Å². The minimum absolute atomic E-state index is 0.175. The van der Waals surface area contributed by atoms with Gasteiger partial charge in [-0.15, -0.1) is 0 Å². The van der Waals surface area contributed by atoms with Gasteiger partial charge >= 0.3 is 6.01 Å². The Morgan fingerprint density at radius 3 is 2.72 bits per heavy atom. The van der Waals surface area contributed by atoms with Crippen molar-refractivity contribution in [3.63, 3.8) is 0 Å². The lowest BCUT2D eigenvalue weighted by atomic mass is 10.2. The summed E-state index contributed by atoms with van der Waals surface area (Å²) in [4.78, 5) is 20.5. The lowest BCUT2D eigenvalue weighted by Crippen LogP contribution is -2.22. The van der Waals surface area contributed by atoms with Crippen LogP contribution in [0.15, 0.2) is 66.9 Å². The summed E-state index contributed by atoms with van der Waals surface area (Å²) in [5.41, 5.74) is 7.78. The van der Waals surface area contributed by atoms with Crippen LogP contribution in [0, 0.1) is 0 Å². The molecule has 0 unspecified atom stereocenters. The normalized spacial score (nSPS) is 10.3. The lowest BCUT2D eigenvalue weighted by molar-refractivity contribution is 0.0950. The number of hydrogen-bond acceptors (Lipinski definition) is 5. The molecule has 25 heavy (non-hydrogen) atoms. The Hall–Kier alpha value is -3.25. The number of carbonyl (C=O) groups is 1. The van der Waals surface area contributed by atoms with Crippen LogP contribution in [0.25, 0.3) is 0 Å². The standard InChI is InChI=1S/C19H18N4O2/c20-12-16-9-10-21-19(23-16)25-17-8-4-7-15(11-17)18(24)22-13-14-5-2-1-3-6-14/h1-11H,12-13,20H2,(H,22,24). The van der Waals surface area contributed by atoms with Crippen molar-refractivity contribution >= 4 is 5.91 Å². The number of rotatable bonds is 6. The van der Waals surface area contributed by atoms with Crippen molar-refractivity contribution in [3.05, 3.63) is 83.7 Å². The van der Waals surface area contributed by atoms with Crippen molar-refractivity contribution in [3.8, 4) is 11.8 Å². The van der Waals surface area contributed by atoms with Gasteiger partial charge in [-0.2, -0.15) is 4.98 Å². The number of nitrogens with one attached hydrogen (secondary N) is 1. The first-order chi connectivity index (χ1) is 12.2. The smallest absolute Gasteiger partial charge is 0.322 e. The first-order valence-corrected chi connectivity index (χ1v) is 7.86. The number of nitrogens with two attached hydrogens (primary N) is 1. The summed E-state index contributed by atoms with van der Waals surface area (Å²) in [6, 6.07) is 18.5. The maximum absolute atomic E-state index is 12.3. The molecule has 3 N–H and O–H groups in total. The first kappa shape index (κ1) is 16.6. The Morgan fingerprint density at radius 2 is 1.92 bits per heavy atom. The minimum Gasteiger partial charge on any atom is -0.424 e. The highest BCUT2D eigenvalue weighted by atomic mass is 16.5. The predicted molar refractivity (Wildman–Crippen MR) is 94.1 cm³/mol. The molecule has 0 aliphatic heterocycles. The molecule has 2 aromatic carbocycles. The van der Waals surface area contributed by atoms with Crippen molar-refractivity contribution in [2.45, 2.75) is 13.1 Å². The molecule has 126 valence electrons. The van der Waals surface area contributed by atoms with Gasteiger partial charge in [-0.05, 0) is 29.8 Å². The third-order valence-electron chi connectivity index (χ3n) is 3.50. The van der Waals surface area contributed by atoms with Crippen molar-refractivity contribution in [2.75, 3.05) is 0 Å². The van der Waals surface area contributed by atoms with Gasteiger partial charge in [0, 0.05) is 24.8 Å². The third-order valence-corrected chi connectivity index (χ3v) is 3.50. The van der Waals surface area contributed by atoms with Crippen LogP contribution < -0.4 is 15.8 Å². The predicted octanol–water partition coefficient (Wildman–Crippen LogP) is 2.66. The van der Waals surface area contributed by atoms with E-state index in [9.17, 15) is 4.79 Å². The number of amides is 1. The van der Waals surface area contributed by atoms with E-state index in [1.807, 2.05) is 30.3 Å². The topological polar surface area (TPSA) is 90.1 Å². The van der Waals surface area contributed by atoms with E-state index >= 15 is 0 Å². The molecule has 0 radical (unpaired) electrons. The van der Waals surface area contributed by atoms with Gasteiger partial charge < -0.3 is 15.8 Å². The second kappa shape index (κ2) is 8.03. The van der Waals surface area contributed by atoms with Crippen LogP contribution in [0.1, 0.15) is 21.6 Å². The minimum atomic E-state index is -0.175. The van der Waals surface area contributed by atoms with Crippen molar-refractivity contribution in [2.24, 2.45) is 5.73 Å². The number of hydrogen-bond donors (Lipinski definition) is 2. The fourth-order valence-electron chi connectivity index (χ4n) is 2.23. The molecule has 0 bridgehead atoms. The monoisotopic (exact) mass is 334 g/mol.